The predicted octanol–water partition coefficient (Wildman–Crippen LogP) is 4.25. The Balaban J connectivity index is 1.38. The van der Waals surface area contributed by atoms with E-state index in [2.05, 4.69) is 20.6 Å². The minimum Gasteiger partial charge on any atom is -0.381 e. The molecule has 0 unspecified atom stereocenters. The van der Waals surface area contributed by atoms with Crippen LogP contribution < -0.4 is 5.32 Å². The van der Waals surface area contributed by atoms with Crippen molar-refractivity contribution in [3.63, 3.8) is 0 Å². The lowest BCUT2D eigenvalue weighted by Crippen LogP contribution is -2.19. The number of carbonyl (C=O) groups is 1. The van der Waals surface area contributed by atoms with Gasteiger partial charge in [0.05, 0.1) is 23.8 Å². The molecular formula is C24H23N5O3. The minimum absolute atomic E-state index is 0.218. The van der Waals surface area contributed by atoms with E-state index in [4.69, 9.17) is 9.26 Å². The normalized spacial score (nSPS) is 18.3. The molecule has 0 spiro atoms. The standard InChI is InChI=1S/C24H23N5O3/c30-23(27-20-8-10-25-29(20)13-15-9-11-31-14-15)18-12-19(16-6-7-16)26-24-21(18)22(28-32-24)17-4-2-1-3-5-17/h1-5,8,10,12,15-16H,6-7,9,11,13-14H2,(H,27,30)/t15-/m1/s1. The molecule has 1 N–H and O–H groups in total. The van der Waals surface area contributed by atoms with Crippen molar-refractivity contribution in [2.75, 3.05) is 18.5 Å². The highest BCUT2D eigenvalue weighted by Crippen LogP contribution is 2.41. The third-order valence-corrected chi connectivity index (χ3v) is 6.17. The van der Waals surface area contributed by atoms with E-state index in [9.17, 15) is 4.79 Å². The molecule has 162 valence electrons. The second-order valence-corrected chi connectivity index (χ2v) is 8.53. The summed E-state index contributed by atoms with van der Waals surface area (Å²) >= 11 is 0. The first-order chi connectivity index (χ1) is 15.8. The van der Waals surface area contributed by atoms with Crippen molar-refractivity contribution in [2.45, 2.75) is 31.7 Å². The zero-order valence-corrected chi connectivity index (χ0v) is 17.5. The Labute approximate surface area is 184 Å². The number of carbonyl (C=O) groups excluding carboxylic acids is 1. The number of amides is 1. The maximum absolute atomic E-state index is 13.5. The van der Waals surface area contributed by atoms with Gasteiger partial charge in [-0.15, -0.1) is 0 Å². The lowest BCUT2D eigenvalue weighted by molar-refractivity contribution is 0.102. The molecular weight excluding hydrogens is 406 g/mol. The number of nitrogens with zero attached hydrogens (tertiary/aromatic N) is 4. The van der Waals surface area contributed by atoms with Crippen LogP contribution in [0.3, 0.4) is 0 Å². The Bertz CT molecular complexity index is 1270. The second-order valence-electron chi connectivity index (χ2n) is 8.53. The summed E-state index contributed by atoms with van der Waals surface area (Å²) in [6.45, 7) is 2.22. The fourth-order valence-corrected chi connectivity index (χ4v) is 4.27. The zero-order valence-electron chi connectivity index (χ0n) is 17.5. The van der Waals surface area contributed by atoms with Gasteiger partial charge in [-0.2, -0.15) is 5.10 Å². The first-order valence-corrected chi connectivity index (χ1v) is 11.0. The van der Waals surface area contributed by atoms with E-state index in [1.54, 1.807) is 6.20 Å². The van der Waals surface area contributed by atoms with Crippen LogP contribution >= 0.6 is 0 Å². The van der Waals surface area contributed by atoms with Gasteiger partial charge >= 0.3 is 0 Å². The summed E-state index contributed by atoms with van der Waals surface area (Å²) in [5.74, 6) is 1.23. The van der Waals surface area contributed by atoms with E-state index in [1.807, 2.05) is 47.1 Å². The number of aromatic nitrogens is 4. The molecule has 8 heteroatoms. The highest BCUT2D eigenvalue weighted by atomic mass is 16.5. The largest absolute Gasteiger partial charge is 0.381 e. The molecule has 4 aromatic rings. The molecule has 8 nitrogen and oxygen atoms in total. The van der Waals surface area contributed by atoms with Crippen LogP contribution in [0.1, 0.15) is 41.2 Å². The lowest BCUT2D eigenvalue weighted by atomic mass is 10.0. The van der Waals surface area contributed by atoms with Crippen molar-refractivity contribution in [3.05, 3.63) is 59.9 Å². The third-order valence-electron chi connectivity index (χ3n) is 6.17. The van der Waals surface area contributed by atoms with Crippen molar-refractivity contribution in [1.82, 2.24) is 19.9 Å². The summed E-state index contributed by atoms with van der Waals surface area (Å²) < 4.78 is 12.9. The number of benzene rings is 1. The molecule has 0 bridgehead atoms. The Kier molecular flexibility index (Phi) is 4.72. The number of pyridine rings is 1. The van der Waals surface area contributed by atoms with Crippen LogP contribution in [0, 0.1) is 5.92 Å². The first-order valence-electron chi connectivity index (χ1n) is 11.0. The topological polar surface area (TPSA) is 95.1 Å². The van der Waals surface area contributed by atoms with E-state index in [-0.39, 0.29) is 5.91 Å². The highest BCUT2D eigenvalue weighted by Gasteiger charge is 2.29. The van der Waals surface area contributed by atoms with E-state index in [1.165, 1.54) is 0 Å². The zero-order chi connectivity index (χ0) is 21.5. The van der Waals surface area contributed by atoms with Gasteiger partial charge in [-0.1, -0.05) is 35.5 Å². The third kappa shape index (κ3) is 3.56. The second kappa shape index (κ2) is 7.87. The Morgan fingerprint density at radius 3 is 2.81 bits per heavy atom. The summed E-state index contributed by atoms with van der Waals surface area (Å²) in [5.41, 5.74) is 3.31. The molecule has 3 aromatic heterocycles. The van der Waals surface area contributed by atoms with Crippen LogP contribution in [0.15, 0.2) is 53.2 Å². The van der Waals surface area contributed by atoms with Crippen molar-refractivity contribution < 1.29 is 14.1 Å². The van der Waals surface area contributed by atoms with Gasteiger partial charge in [0.15, 0.2) is 0 Å². The number of hydrogen-bond acceptors (Lipinski definition) is 6. The van der Waals surface area contributed by atoms with Crippen LogP contribution in [0.5, 0.6) is 0 Å². The number of rotatable bonds is 6. The van der Waals surface area contributed by atoms with Gasteiger partial charge in [0, 0.05) is 42.3 Å². The van der Waals surface area contributed by atoms with Gasteiger partial charge < -0.3 is 14.6 Å². The van der Waals surface area contributed by atoms with Gasteiger partial charge in [0.25, 0.3) is 11.6 Å². The molecule has 1 aliphatic carbocycles. The maximum Gasteiger partial charge on any atom is 0.259 e. The van der Waals surface area contributed by atoms with Gasteiger partial charge in [0.1, 0.15) is 11.5 Å². The van der Waals surface area contributed by atoms with Crippen molar-refractivity contribution >= 4 is 22.8 Å². The predicted molar refractivity (Wildman–Crippen MR) is 118 cm³/mol. The maximum atomic E-state index is 13.5. The fourth-order valence-electron chi connectivity index (χ4n) is 4.27. The Morgan fingerprint density at radius 1 is 1.16 bits per heavy atom. The minimum atomic E-state index is -0.218. The summed E-state index contributed by atoms with van der Waals surface area (Å²) in [6, 6.07) is 13.4. The summed E-state index contributed by atoms with van der Waals surface area (Å²) in [4.78, 5) is 18.2. The number of fused-ring (bicyclic) bond motifs is 1. The molecule has 2 fully saturated rings. The smallest absolute Gasteiger partial charge is 0.259 e. The summed E-state index contributed by atoms with van der Waals surface area (Å²) in [7, 11) is 0. The lowest BCUT2D eigenvalue weighted by Gasteiger charge is -2.13. The van der Waals surface area contributed by atoms with E-state index >= 15 is 0 Å². The molecule has 32 heavy (non-hydrogen) atoms. The average Bonchev–Trinajstić information content (AvgIpc) is 3.18. The van der Waals surface area contributed by atoms with Crippen LogP contribution in [0.25, 0.3) is 22.4 Å². The Hall–Kier alpha value is -3.52. The van der Waals surface area contributed by atoms with Gasteiger partial charge in [-0.05, 0) is 25.3 Å². The van der Waals surface area contributed by atoms with Crippen LogP contribution in [0.2, 0.25) is 0 Å². The van der Waals surface area contributed by atoms with Gasteiger partial charge in [-0.3, -0.25) is 4.79 Å². The molecule has 1 aromatic carbocycles. The van der Waals surface area contributed by atoms with Crippen LogP contribution in [0.4, 0.5) is 5.82 Å². The van der Waals surface area contributed by atoms with E-state index in [0.717, 1.165) is 43.7 Å². The first kappa shape index (κ1) is 19.2. The molecule has 1 saturated carbocycles. The number of anilines is 1. The summed E-state index contributed by atoms with van der Waals surface area (Å²) in [6.07, 6.45) is 4.87. The molecule has 2 aliphatic rings. The number of nitrogens with one attached hydrogen (secondary N) is 1. The molecule has 1 atom stereocenters. The average molecular weight is 429 g/mol. The van der Waals surface area contributed by atoms with Crippen molar-refractivity contribution in [1.29, 1.82) is 0 Å². The highest BCUT2D eigenvalue weighted by molar-refractivity contribution is 6.14. The van der Waals surface area contributed by atoms with E-state index < -0.39 is 0 Å². The molecule has 6 rings (SSSR count). The summed E-state index contributed by atoms with van der Waals surface area (Å²) in [5, 5.41) is 12.4. The van der Waals surface area contributed by atoms with Gasteiger partial charge in [-0.25, -0.2) is 9.67 Å². The van der Waals surface area contributed by atoms with Crippen molar-refractivity contribution in [3.8, 4) is 11.3 Å². The van der Waals surface area contributed by atoms with Crippen LogP contribution in [-0.2, 0) is 11.3 Å². The number of ether oxygens (including phenoxy) is 1. The quantitative estimate of drug-likeness (QED) is 0.492. The molecule has 1 amide bonds. The molecule has 4 heterocycles. The molecule has 0 radical (unpaired) electrons. The Morgan fingerprint density at radius 2 is 2.03 bits per heavy atom. The van der Waals surface area contributed by atoms with E-state index in [0.29, 0.717) is 46.6 Å². The van der Waals surface area contributed by atoms with Crippen LogP contribution in [-0.4, -0.2) is 39.0 Å². The molecule has 1 saturated heterocycles. The van der Waals surface area contributed by atoms with Crippen molar-refractivity contribution in [2.24, 2.45) is 5.92 Å². The monoisotopic (exact) mass is 429 g/mol. The fraction of sp³-hybridized carbons (Fsp3) is 0.333. The SMILES string of the molecule is O=C(Nc1ccnn1C[C@H]1CCOC1)c1cc(C2CC2)nc2onc(-c3ccccc3)c12. The van der Waals surface area contributed by atoms with Gasteiger partial charge in [0.2, 0.25) is 0 Å². The molecule has 1 aliphatic heterocycles. The number of hydrogen-bond donors (Lipinski definition) is 1.